The first kappa shape index (κ1) is 25.7. The molecule has 1 heterocycles. The average Bonchev–Trinajstić information content (AvgIpc) is 3.20. The van der Waals surface area contributed by atoms with E-state index in [1.54, 1.807) is 52.3 Å². The van der Waals surface area contributed by atoms with Crippen LogP contribution in [0.4, 0.5) is 5.13 Å². The number of hydrogen-bond donors (Lipinski definition) is 0. The Labute approximate surface area is 203 Å². The van der Waals surface area contributed by atoms with Gasteiger partial charge in [0.2, 0.25) is 0 Å². The van der Waals surface area contributed by atoms with E-state index >= 15 is 0 Å². The SMILES string of the molecule is CCN(CC)CCN(C(=O)COc1ccc(Cl)cc1)c1nc2c(SC)cccc2s1.Cl. The van der Waals surface area contributed by atoms with Crippen LogP contribution in [0.15, 0.2) is 47.4 Å². The molecule has 0 spiro atoms. The molecule has 0 saturated carbocycles. The van der Waals surface area contributed by atoms with Gasteiger partial charge in [-0.1, -0.05) is 42.9 Å². The van der Waals surface area contributed by atoms with Gasteiger partial charge in [-0.2, -0.15) is 0 Å². The van der Waals surface area contributed by atoms with E-state index in [9.17, 15) is 4.79 Å². The van der Waals surface area contributed by atoms with Crippen LogP contribution in [-0.2, 0) is 4.79 Å². The molecule has 0 bridgehead atoms. The first-order valence-electron chi connectivity index (χ1n) is 9.90. The molecule has 2 aromatic carbocycles. The van der Waals surface area contributed by atoms with Crippen molar-refractivity contribution in [1.29, 1.82) is 0 Å². The van der Waals surface area contributed by atoms with Gasteiger partial charge in [0, 0.05) is 23.0 Å². The molecule has 3 aromatic rings. The lowest BCUT2D eigenvalue weighted by Gasteiger charge is -2.24. The highest BCUT2D eigenvalue weighted by Crippen LogP contribution is 2.34. The van der Waals surface area contributed by atoms with Gasteiger partial charge >= 0.3 is 0 Å². The fraction of sp³-hybridized carbons (Fsp3) is 0.364. The highest BCUT2D eigenvalue weighted by Gasteiger charge is 2.21. The summed E-state index contributed by atoms with van der Waals surface area (Å²) in [6.45, 7) is 7.44. The van der Waals surface area contributed by atoms with Crippen LogP contribution in [0.1, 0.15) is 13.8 Å². The predicted molar refractivity (Wildman–Crippen MR) is 136 cm³/mol. The third kappa shape index (κ3) is 6.73. The van der Waals surface area contributed by atoms with Gasteiger partial charge in [0.1, 0.15) is 5.75 Å². The van der Waals surface area contributed by atoms with Crippen molar-refractivity contribution in [2.24, 2.45) is 0 Å². The third-order valence-corrected chi connectivity index (χ3v) is 6.90. The van der Waals surface area contributed by atoms with Crippen LogP contribution in [-0.4, -0.2) is 54.8 Å². The van der Waals surface area contributed by atoms with Gasteiger partial charge < -0.3 is 9.64 Å². The van der Waals surface area contributed by atoms with Gasteiger partial charge in [-0.25, -0.2) is 4.98 Å². The maximum atomic E-state index is 13.1. The van der Waals surface area contributed by atoms with Gasteiger partial charge in [-0.3, -0.25) is 9.69 Å². The minimum atomic E-state index is -0.109. The minimum absolute atomic E-state index is 0. The summed E-state index contributed by atoms with van der Waals surface area (Å²) in [7, 11) is 0. The largest absolute Gasteiger partial charge is 0.484 e. The zero-order chi connectivity index (χ0) is 21.5. The summed E-state index contributed by atoms with van der Waals surface area (Å²) in [6.07, 6.45) is 2.04. The van der Waals surface area contributed by atoms with Gasteiger partial charge in [-0.15, -0.1) is 24.2 Å². The number of aromatic nitrogens is 1. The number of fused-ring (bicyclic) bond motifs is 1. The first-order chi connectivity index (χ1) is 14.5. The van der Waals surface area contributed by atoms with E-state index in [2.05, 4.69) is 24.8 Å². The Morgan fingerprint density at radius 3 is 2.48 bits per heavy atom. The Kier molecular flexibility index (Phi) is 10.4. The van der Waals surface area contributed by atoms with Gasteiger partial charge in [-0.05, 0) is 55.7 Å². The molecule has 1 aromatic heterocycles. The molecule has 0 aliphatic rings. The topological polar surface area (TPSA) is 45.7 Å². The zero-order valence-corrected chi connectivity index (χ0v) is 21.0. The normalized spacial score (nSPS) is 10.9. The highest BCUT2D eigenvalue weighted by molar-refractivity contribution is 7.98. The Bertz CT molecular complexity index is 979. The maximum absolute atomic E-state index is 13.1. The monoisotopic (exact) mass is 499 g/mol. The van der Waals surface area contributed by atoms with Crippen molar-refractivity contribution in [2.45, 2.75) is 18.7 Å². The van der Waals surface area contributed by atoms with Crippen LogP contribution in [0, 0.1) is 0 Å². The number of likely N-dealkylation sites (N-methyl/N-ethyl adjacent to an activating group) is 1. The number of hydrogen-bond acceptors (Lipinski definition) is 6. The Balaban J connectivity index is 0.00000341. The second kappa shape index (κ2) is 12.5. The van der Waals surface area contributed by atoms with Crippen molar-refractivity contribution >= 4 is 68.4 Å². The number of carbonyl (C=O) groups excluding carboxylic acids is 1. The lowest BCUT2D eigenvalue weighted by atomic mass is 10.3. The predicted octanol–water partition coefficient (Wildman–Crippen LogP) is 5.85. The lowest BCUT2D eigenvalue weighted by molar-refractivity contribution is -0.120. The van der Waals surface area contributed by atoms with Gasteiger partial charge in [0.25, 0.3) is 5.91 Å². The molecule has 0 N–H and O–H groups in total. The fourth-order valence-electron chi connectivity index (χ4n) is 3.05. The number of rotatable bonds is 10. The van der Waals surface area contributed by atoms with Crippen molar-refractivity contribution in [3.63, 3.8) is 0 Å². The van der Waals surface area contributed by atoms with Crippen LogP contribution in [0.2, 0.25) is 5.02 Å². The molecular formula is C22H27Cl2N3O2S2. The van der Waals surface area contributed by atoms with E-state index in [-0.39, 0.29) is 24.9 Å². The van der Waals surface area contributed by atoms with Crippen LogP contribution in [0.25, 0.3) is 10.2 Å². The number of halogens is 2. The molecule has 3 rings (SSSR count). The second-order valence-corrected chi connectivity index (χ2v) is 8.91. The van der Waals surface area contributed by atoms with E-state index in [1.807, 2.05) is 18.4 Å². The van der Waals surface area contributed by atoms with Crippen molar-refractivity contribution in [1.82, 2.24) is 9.88 Å². The molecule has 0 fully saturated rings. The van der Waals surface area contributed by atoms with Crippen molar-refractivity contribution in [3.05, 3.63) is 47.5 Å². The molecule has 168 valence electrons. The molecule has 0 aliphatic heterocycles. The Hall–Kier alpha value is -1.51. The Morgan fingerprint density at radius 1 is 1.13 bits per heavy atom. The van der Waals surface area contributed by atoms with Crippen molar-refractivity contribution < 1.29 is 9.53 Å². The smallest absolute Gasteiger partial charge is 0.266 e. The summed E-state index contributed by atoms with van der Waals surface area (Å²) in [4.78, 5) is 23.1. The molecule has 31 heavy (non-hydrogen) atoms. The Morgan fingerprint density at radius 2 is 1.84 bits per heavy atom. The summed E-state index contributed by atoms with van der Waals surface area (Å²) in [5, 5.41) is 1.34. The standard InChI is InChI=1S/C22H26ClN3O2S2.ClH/c1-4-25(5-2)13-14-26(20(27)15-28-17-11-9-16(23)10-12-17)22-24-21-18(29-3)7-6-8-19(21)30-22;/h6-12H,4-5,13-15H2,1-3H3;1H. The van der Waals surface area contributed by atoms with Gasteiger partial charge in [0.05, 0.1) is 10.2 Å². The van der Waals surface area contributed by atoms with Crippen LogP contribution in [0.3, 0.4) is 0 Å². The number of nitrogens with zero attached hydrogens (tertiary/aromatic N) is 3. The third-order valence-electron chi connectivity index (χ3n) is 4.83. The quantitative estimate of drug-likeness (QED) is 0.327. The summed E-state index contributed by atoms with van der Waals surface area (Å²) in [6, 6.07) is 13.2. The average molecular weight is 501 g/mol. The summed E-state index contributed by atoms with van der Waals surface area (Å²) in [5.74, 6) is 0.507. The van der Waals surface area contributed by atoms with Crippen molar-refractivity contribution in [3.8, 4) is 5.75 Å². The van der Waals surface area contributed by atoms with E-state index in [0.29, 0.717) is 22.4 Å². The summed E-state index contributed by atoms with van der Waals surface area (Å²) >= 11 is 9.13. The molecule has 5 nitrogen and oxygen atoms in total. The number of thiazole rings is 1. The maximum Gasteiger partial charge on any atom is 0.266 e. The first-order valence-corrected chi connectivity index (χ1v) is 12.3. The number of ether oxygens (including phenoxy) is 1. The molecule has 0 aliphatic carbocycles. The summed E-state index contributed by atoms with van der Waals surface area (Å²) < 4.78 is 6.79. The van der Waals surface area contributed by atoms with Gasteiger partial charge in [0.15, 0.2) is 11.7 Å². The molecule has 9 heteroatoms. The second-order valence-electron chi connectivity index (χ2n) is 6.62. The molecule has 1 amide bonds. The minimum Gasteiger partial charge on any atom is -0.484 e. The fourth-order valence-corrected chi connectivity index (χ4v) is 4.84. The summed E-state index contributed by atoms with van der Waals surface area (Å²) in [5.41, 5.74) is 0.948. The number of benzene rings is 2. The number of anilines is 1. The molecular weight excluding hydrogens is 473 g/mol. The molecule has 0 saturated heterocycles. The highest BCUT2D eigenvalue weighted by atomic mass is 35.5. The van der Waals surface area contributed by atoms with Crippen LogP contribution < -0.4 is 9.64 Å². The number of thioether (sulfide) groups is 1. The molecule has 0 atom stereocenters. The van der Waals surface area contributed by atoms with Crippen LogP contribution >= 0.6 is 47.1 Å². The molecule has 0 radical (unpaired) electrons. The lowest BCUT2D eigenvalue weighted by Crippen LogP contribution is -2.41. The van der Waals surface area contributed by atoms with E-state index in [4.69, 9.17) is 21.3 Å². The van der Waals surface area contributed by atoms with Crippen molar-refractivity contribution in [2.75, 3.05) is 43.9 Å². The number of amides is 1. The van der Waals surface area contributed by atoms with E-state index in [1.165, 1.54) is 0 Å². The van der Waals surface area contributed by atoms with E-state index in [0.717, 1.165) is 34.7 Å². The zero-order valence-electron chi connectivity index (χ0n) is 17.8. The number of para-hydroxylation sites is 1. The van der Waals surface area contributed by atoms with Crippen LogP contribution in [0.5, 0.6) is 5.75 Å². The van der Waals surface area contributed by atoms with E-state index < -0.39 is 0 Å². The number of carbonyl (C=O) groups is 1. The molecule has 0 unspecified atom stereocenters.